The number of methoxy groups -OCH3 is 1. The van der Waals surface area contributed by atoms with Gasteiger partial charge in [-0.2, -0.15) is 8.42 Å². The number of aliphatic hydroxyl groups is 1. The van der Waals surface area contributed by atoms with E-state index < -0.39 is 46.7 Å². The highest BCUT2D eigenvalue weighted by atomic mass is 32.2. The molecule has 5 atom stereocenters. The van der Waals surface area contributed by atoms with Crippen LogP contribution < -0.4 is 11.1 Å². The number of hydrogen-bond donors (Lipinski definition) is 3. The normalized spacial score (nSPS) is 30.0. The van der Waals surface area contributed by atoms with Crippen molar-refractivity contribution >= 4 is 16.0 Å². The van der Waals surface area contributed by atoms with E-state index in [1.54, 1.807) is 30.3 Å². The van der Waals surface area contributed by atoms with E-state index in [2.05, 4.69) is 5.32 Å². The molecule has 25 heavy (non-hydrogen) atoms. The van der Waals surface area contributed by atoms with Gasteiger partial charge in [0.15, 0.2) is 6.29 Å². The molecule has 1 fully saturated rings. The van der Waals surface area contributed by atoms with Crippen molar-refractivity contribution in [3.8, 4) is 0 Å². The Bertz CT molecular complexity index is 682. The number of hydrogen-bond acceptors (Lipinski definition) is 8. The fourth-order valence-corrected chi connectivity index (χ4v) is 3.32. The van der Waals surface area contributed by atoms with E-state index in [1.807, 2.05) is 0 Å². The minimum Gasteiger partial charge on any atom is -0.376 e. The summed E-state index contributed by atoms with van der Waals surface area (Å²) in [6, 6.07) is 7.29. The molecule has 9 nitrogen and oxygen atoms in total. The summed E-state index contributed by atoms with van der Waals surface area (Å²) in [6.45, 7) is -0.101. The van der Waals surface area contributed by atoms with E-state index in [9.17, 15) is 18.3 Å². The smallest absolute Gasteiger partial charge is 0.264 e. The third-order valence-corrected chi connectivity index (χ3v) is 4.36. The second-order valence-corrected chi connectivity index (χ2v) is 7.23. The average Bonchev–Trinajstić information content (AvgIpc) is 2.57. The van der Waals surface area contributed by atoms with Crippen molar-refractivity contribution in [3.05, 3.63) is 35.9 Å². The Morgan fingerprint density at radius 2 is 1.96 bits per heavy atom. The molecule has 0 spiro atoms. The molecule has 2 rings (SSSR count). The minimum atomic E-state index is -3.84. The molecule has 1 aliphatic heterocycles. The number of amides is 1. The number of nitrogens with one attached hydrogen (secondary N) is 1. The summed E-state index contributed by atoms with van der Waals surface area (Å²) in [5.74, 6) is -0.473. The molecule has 140 valence electrons. The predicted octanol–water partition coefficient (Wildman–Crippen LogP) is -1.18. The van der Waals surface area contributed by atoms with Crippen molar-refractivity contribution in [2.75, 3.05) is 19.9 Å². The second-order valence-electron chi connectivity index (χ2n) is 5.63. The lowest BCUT2D eigenvalue weighted by atomic mass is 9.96. The van der Waals surface area contributed by atoms with Gasteiger partial charge in [-0.1, -0.05) is 18.2 Å². The molecule has 1 aromatic carbocycles. The highest BCUT2D eigenvalue weighted by Gasteiger charge is 2.48. The van der Waals surface area contributed by atoms with E-state index in [4.69, 9.17) is 19.4 Å². The zero-order valence-corrected chi connectivity index (χ0v) is 14.7. The summed E-state index contributed by atoms with van der Waals surface area (Å²) < 4.78 is 38.7. The highest BCUT2D eigenvalue weighted by Crippen LogP contribution is 2.25. The van der Waals surface area contributed by atoms with Crippen molar-refractivity contribution in [1.29, 1.82) is 0 Å². The van der Waals surface area contributed by atoms with Gasteiger partial charge in [0.25, 0.3) is 16.0 Å². The number of rotatable bonds is 6. The van der Waals surface area contributed by atoms with Crippen LogP contribution >= 0.6 is 0 Å². The Morgan fingerprint density at radius 3 is 2.48 bits per heavy atom. The lowest BCUT2D eigenvalue weighted by Crippen LogP contribution is -2.66. The van der Waals surface area contributed by atoms with E-state index in [0.29, 0.717) is 5.56 Å². The first kappa shape index (κ1) is 19.8. The van der Waals surface area contributed by atoms with Crippen LogP contribution in [0, 0.1) is 0 Å². The van der Waals surface area contributed by atoms with Crippen LogP contribution in [0.1, 0.15) is 10.4 Å². The van der Waals surface area contributed by atoms with Crippen LogP contribution in [-0.2, 0) is 23.8 Å². The van der Waals surface area contributed by atoms with Crippen molar-refractivity contribution in [2.45, 2.75) is 30.6 Å². The summed E-state index contributed by atoms with van der Waals surface area (Å²) in [5, 5.41) is 12.8. The van der Waals surface area contributed by atoms with Gasteiger partial charge < -0.3 is 25.6 Å². The maximum atomic E-state index is 12.3. The average molecular weight is 374 g/mol. The number of benzene rings is 1. The first-order chi connectivity index (χ1) is 11.8. The predicted molar refractivity (Wildman–Crippen MR) is 88.1 cm³/mol. The van der Waals surface area contributed by atoms with Gasteiger partial charge in [-0.25, -0.2) is 0 Å². The van der Waals surface area contributed by atoms with E-state index in [-0.39, 0.29) is 6.54 Å². The largest absolute Gasteiger partial charge is 0.376 e. The molecule has 1 aromatic rings. The molecular formula is C15H22N2O7S. The first-order valence-corrected chi connectivity index (χ1v) is 9.39. The van der Waals surface area contributed by atoms with Crippen LogP contribution in [0.15, 0.2) is 30.3 Å². The minimum absolute atomic E-state index is 0.101. The lowest BCUT2D eigenvalue weighted by molar-refractivity contribution is -0.241. The van der Waals surface area contributed by atoms with Crippen LogP contribution in [0.2, 0.25) is 0 Å². The number of carbonyl (C=O) groups excluding carboxylic acids is 1. The van der Waals surface area contributed by atoms with Crippen molar-refractivity contribution in [3.63, 3.8) is 0 Å². The Labute approximate surface area is 146 Å². The zero-order valence-electron chi connectivity index (χ0n) is 13.9. The topological polar surface area (TPSA) is 137 Å². The third kappa shape index (κ3) is 4.97. The summed E-state index contributed by atoms with van der Waals surface area (Å²) in [6.07, 6.45) is -3.57. The molecule has 0 radical (unpaired) electrons. The SMILES string of the molecule is COC1C(NC(=O)c2ccccc2)C(O)OC(CN)[C@H]1OS(C)(=O)=O. The van der Waals surface area contributed by atoms with Crippen molar-refractivity contribution < 1.29 is 32.0 Å². The summed E-state index contributed by atoms with van der Waals surface area (Å²) >= 11 is 0. The molecular weight excluding hydrogens is 352 g/mol. The molecule has 0 aromatic heterocycles. The fraction of sp³-hybridized carbons (Fsp3) is 0.533. The van der Waals surface area contributed by atoms with Crippen LogP contribution in [0.4, 0.5) is 0 Å². The number of carbonyl (C=O) groups is 1. The van der Waals surface area contributed by atoms with Crippen molar-refractivity contribution in [1.82, 2.24) is 5.32 Å². The molecule has 1 saturated heterocycles. The molecule has 4 N–H and O–H groups in total. The molecule has 0 saturated carbocycles. The van der Waals surface area contributed by atoms with Crippen LogP contribution in [-0.4, -0.2) is 70.0 Å². The summed E-state index contributed by atoms with van der Waals surface area (Å²) in [7, 11) is -2.53. The highest BCUT2D eigenvalue weighted by molar-refractivity contribution is 7.86. The molecule has 0 aliphatic carbocycles. The standard InChI is InChI=1S/C15H22N2O7S/c1-22-13-11(17-14(18)9-6-4-3-5-7-9)15(19)23-10(8-16)12(13)24-25(2,20)21/h3-7,10-13,15,19H,8,16H2,1-2H3,(H,17,18)/t10?,11?,12-,13?,15?/m1/s1. The summed E-state index contributed by atoms with van der Waals surface area (Å²) in [5.41, 5.74) is 5.94. The van der Waals surface area contributed by atoms with Gasteiger partial charge in [0.1, 0.15) is 24.4 Å². The maximum Gasteiger partial charge on any atom is 0.264 e. The van der Waals surface area contributed by atoms with Crippen molar-refractivity contribution in [2.24, 2.45) is 5.73 Å². The molecule has 1 aliphatic rings. The van der Waals surface area contributed by atoms with E-state index in [0.717, 1.165) is 6.26 Å². The molecule has 10 heteroatoms. The van der Waals surface area contributed by atoms with E-state index in [1.165, 1.54) is 7.11 Å². The van der Waals surface area contributed by atoms with Gasteiger partial charge in [0, 0.05) is 19.2 Å². The molecule has 0 bridgehead atoms. The van der Waals surface area contributed by atoms with Crippen LogP contribution in [0.25, 0.3) is 0 Å². The molecule has 1 amide bonds. The first-order valence-electron chi connectivity index (χ1n) is 7.57. The Kier molecular flexibility index (Phi) is 6.49. The van der Waals surface area contributed by atoms with Gasteiger partial charge in [-0.05, 0) is 12.1 Å². The second kappa shape index (κ2) is 8.21. The lowest BCUT2D eigenvalue weighted by Gasteiger charge is -2.43. The Morgan fingerprint density at radius 1 is 1.32 bits per heavy atom. The van der Waals surface area contributed by atoms with Gasteiger partial charge in [-0.15, -0.1) is 0 Å². The maximum absolute atomic E-state index is 12.3. The van der Waals surface area contributed by atoms with Crippen LogP contribution in [0.5, 0.6) is 0 Å². The number of aliphatic hydroxyl groups excluding tert-OH is 1. The monoisotopic (exact) mass is 374 g/mol. The van der Waals surface area contributed by atoms with Crippen LogP contribution in [0.3, 0.4) is 0 Å². The van der Waals surface area contributed by atoms with Gasteiger partial charge in [0.05, 0.1) is 6.26 Å². The fourth-order valence-electron chi connectivity index (χ4n) is 2.69. The number of nitrogens with two attached hydrogens (primary N) is 1. The third-order valence-electron chi connectivity index (χ3n) is 3.79. The molecule has 4 unspecified atom stereocenters. The molecule has 1 heterocycles. The Hall–Kier alpha value is -1.56. The Balaban J connectivity index is 2.24. The van der Waals surface area contributed by atoms with Gasteiger partial charge in [-0.3, -0.25) is 8.98 Å². The summed E-state index contributed by atoms with van der Waals surface area (Å²) in [4.78, 5) is 12.3. The van der Waals surface area contributed by atoms with Gasteiger partial charge >= 0.3 is 0 Å². The number of ether oxygens (including phenoxy) is 2. The van der Waals surface area contributed by atoms with E-state index >= 15 is 0 Å². The quantitative estimate of drug-likeness (QED) is 0.529. The zero-order chi connectivity index (χ0) is 18.6. The van der Waals surface area contributed by atoms with Gasteiger partial charge in [0.2, 0.25) is 0 Å².